The van der Waals surface area contributed by atoms with Crippen molar-refractivity contribution in [2.75, 3.05) is 13.2 Å². The summed E-state index contributed by atoms with van der Waals surface area (Å²) < 4.78 is 11.7. The third kappa shape index (κ3) is 7.69. The SMILES string of the molecule is Cl.NC(CO)(CO)CCCc1ccc(Oc2ccc(OCc3ccccc3)cc2)cc1Cl. The van der Waals surface area contributed by atoms with E-state index in [1.807, 2.05) is 66.7 Å². The predicted octanol–water partition coefficient (Wildman–Crippen LogP) is 5.14. The summed E-state index contributed by atoms with van der Waals surface area (Å²) in [6.45, 7) is 0.0141. The molecule has 0 aliphatic heterocycles. The van der Waals surface area contributed by atoms with Crippen LogP contribution < -0.4 is 15.2 Å². The Labute approximate surface area is 200 Å². The minimum absolute atomic E-state index is 0. The van der Waals surface area contributed by atoms with Crippen LogP contribution in [-0.4, -0.2) is 29.0 Å². The first-order valence-corrected chi connectivity index (χ1v) is 10.6. The van der Waals surface area contributed by atoms with E-state index < -0.39 is 5.54 Å². The molecule has 0 saturated heterocycles. The standard InChI is InChI=1S/C25H28ClNO4.ClH/c26-24-15-23(9-8-20(24)7-4-14-25(27,17-28)18-29)31-22-12-10-21(11-13-22)30-16-19-5-2-1-3-6-19;/h1-3,5-6,8-13,15,28-29H,4,7,14,16-18,27H2;1H. The van der Waals surface area contributed by atoms with Gasteiger partial charge in [-0.2, -0.15) is 0 Å². The van der Waals surface area contributed by atoms with E-state index in [9.17, 15) is 10.2 Å². The van der Waals surface area contributed by atoms with Crippen molar-refractivity contribution in [2.24, 2.45) is 5.73 Å². The van der Waals surface area contributed by atoms with Crippen molar-refractivity contribution in [3.05, 3.63) is 88.9 Å². The van der Waals surface area contributed by atoms with Crippen molar-refractivity contribution < 1.29 is 19.7 Å². The van der Waals surface area contributed by atoms with Crippen molar-refractivity contribution in [2.45, 2.75) is 31.4 Å². The fraction of sp³-hybridized carbons (Fsp3) is 0.280. The van der Waals surface area contributed by atoms with Crippen LogP contribution in [0.15, 0.2) is 72.8 Å². The van der Waals surface area contributed by atoms with Gasteiger partial charge in [0.25, 0.3) is 0 Å². The van der Waals surface area contributed by atoms with Crippen LogP contribution in [0.2, 0.25) is 5.02 Å². The molecule has 3 rings (SSSR count). The second kappa shape index (κ2) is 12.7. The zero-order valence-electron chi connectivity index (χ0n) is 17.7. The van der Waals surface area contributed by atoms with Crippen LogP contribution in [0.25, 0.3) is 0 Å². The summed E-state index contributed by atoms with van der Waals surface area (Å²) in [4.78, 5) is 0. The molecule has 7 heteroatoms. The van der Waals surface area contributed by atoms with Gasteiger partial charge >= 0.3 is 0 Å². The number of benzene rings is 3. The monoisotopic (exact) mass is 477 g/mol. The summed E-state index contributed by atoms with van der Waals surface area (Å²) in [6, 6.07) is 23.0. The molecule has 0 radical (unpaired) electrons. The van der Waals surface area contributed by atoms with Gasteiger partial charge in [-0.15, -0.1) is 12.4 Å². The molecule has 3 aromatic carbocycles. The van der Waals surface area contributed by atoms with E-state index in [0.29, 0.717) is 42.4 Å². The Morgan fingerprint density at radius 3 is 2.09 bits per heavy atom. The van der Waals surface area contributed by atoms with Gasteiger partial charge in [0, 0.05) is 5.02 Å². The molecule has 0 amide bonds. The maximum absolute atomic E-state index is 9.28. The van der Waals surface area contributed by atoms with Gasteiger partial charge < -0.3 is 25.4 Å². The minimum atomic E-state index is -0.952. The lowest BCUT2D eigenvalue weighted by Crippen LogP contribution is -2.47. The molecular formula is C25H29Cl2NO4. The van der Waals surface area contributed by atoms with Crippen LogP contribution in [0.5, 0.6) is 17.2 Å². The normalized spacial score (nSPS) is 11.0. The van der Waals surface area contributed by atoms with E-state index in [0.717, 1.165) is 16.9 Å². The Morgan fingerprint density at radius 2 is 1.47 bits per heavy atom. The summed E-state index contributed by atoms with van der Waals surface area (Å²) in [5.41, 5.74) is 7.04. The number of aryl methyl sites for hydroxylation is 1. The molecule has 3 aromatic rings. The average Bonchev–Trinajstić information content (AvgIpc) is 2.80. The van der Waals surface area contributed by atoms with E-state index in [1.54, 1.807) is 6.07 Å². The van der Waals surface area contributed by atoms with Gasteiger partial charge in [0.1, 0.15) is 23.9 Å². The molecule has 4 N–H and O–H groups in total. The van der Waals surface area contributed by atoms with Gasteiger partial charge in [0.05, 0.1) is 18.8 Å². The quantitative estimate of drug-likeness (QED) is 0.356. The third-order valence-electron chi connectivity index (χ3n) is 5.08. The van der Waals surface area contributed by atoms with Crippen molar-refractivity contribution in [3.8, 4) is 17.2 Å². The number of rotatable bonds is 11. The number of ether oxygens (including phenoxy) is 2. The number of halogens is 2. The number of nitrogens with two attached hydrogens (primary N) is 1. The molecule has 5 nitrogen and oxygen atoms in total. The Balaban J connectivity index is 0.00000363. The highest BCUT2D eigenvalue weighted by molar-refractivity contribution is 6.31. The van der Waals surface area contributed by atoms with Gasteiger partial charge in [-0.3, -0.25) is 0 Å². The minimum Gasteiger partial charge on any atom is -0.489 e. The molecule has 0 unspecified atom stereocenters. The van der Waals surface area contributed by atoms with Crippen LogP contribution in [-0.2, 0) is 13.0 Å². The summed E-state index contributed by atoms with van der Waals surface area (Å²) in [6.07, 6.45) is 1.92. The second-order valence-corrected chi connectivity index (χ2v) is 8.04. The zero-order chi connectivity index (χ0) is 22.1. The summed E-state index contributed by atoms with van der Waals surface area (Å²) in [5, 5.41) is 19.2. The maximum Gasteiger partial charge on any atom is 0.128 e. The van der Waals surface area contributed by atoms with E-state index in [4.69, 9.17) is 26.8 Å². The molecule has 0 saturated carbocycles. The number of hydrogen-bond acceptors (Lipinski definition) is 5. The van der Waals surface area contributed by atoms with Gasteiger partial charge in [0.2, 0.25) is 0 Å². The molecule has 32 heavy (non-hydrogen) atoms. The molecule has 0 aliphatic carbocycles. The van der Waals surface area contributed by atoms with E-state index >= 15 is 0 Å². The first-order valence-electron chi connectivity index (χ1n) is 10.2. The highest BCUT2D eigenvalue weighted by Crippen LogP contribution is 2.29. The molecular weight excluding hydrogens is 449 g/mol. The van der Waals surface area contributed by atoms with Gasteiger partial charge in [-0.1, -0.05) is 48.0 Å². The van der Waals surface area contributed by atoms with Crippen molar-refractivity contribution in [3.63, 3.8) is 0 Å². The smallest absolute Gasteiger partial charge is 0.128 e. The van der Waals surface area contributed by atoms with Crippen molar-refractivity contribution in [1.29, 1.82) is 0 Å². The van der Waals surface area contributed by atoms with Crippen LogP contribution in [0.4, 0.5) is 0 Å². The van der Waals surface area contributed by atoms with Gasteiger partial charge in [-0.05, 0) is 66.8 Å². The molecule has 172 valence electrons. The number of hydrogen-bond donors (Lipinski definition) is 3. The van der Waals surface area contributed by atoms with Crippen LogP contribution in [0.1, 0.15) is 24.0 Å². The highest BCUT2D eigenvalue weighted by Gasteiger charge is 2.22. The van der Waals surface area contributed by atoms with Crippen LogP contribution in [0.3, 0.4) is 0 Å². The Bertz CT molecular complexity index is 948. The Morgan fingerprint density at radius 1 is 0.844 bits per heavy atom. The second-order valence-electron chi connectivity index (χ2n) is 7.63. The largest absolute Gasteiger partial charge is 0.489 e. The van der Waals surface area contributed by atoms with E-state index in [-0.39, 0.29) is 25.6 Å². The van der Waals surface area contributed by atoms with Crippen LogP contribution in [0, 0.1) is 0 Å². The lowest BCUT2D eigenvalue weighted by molar-refractivity contribution is 0.113. The molecule has 0 aromatic heterocycles. The zero-order valence-corrected chi connectivity index (χ0v) is 19.3. The molecule has 0 bridgehead atoms. The maximum atomic E-state index is 9.28. The van der Waals surface area contributed by atoms with Crippen molar-refractivity contribution >= 4 is 24.0 Å². The highest BCUT2D eigenvalue weighted by atomic mass is 35.5. The number of aliphatic hydroxyl groups is 2. The lowest BCUT2D eigenvalue weighted by atomic mass is 9.94. The van der Waals surface area contributed by atoms with E-state index in [2.05, 4.69) is 0 Å². The molecule has 0 heterocycles. The first kappa shape index (κ1) is 26.0. The molecule has 0 spiro atoms. The molecule has 0 atom stereocenters. The lowest BCUT2D eigenvalue weighted by Gasteiger charge is -2.24. The summed E-state index contributed by atoms with van der Waals surface area (Å²) in [5.74, 6) is 2.10. The summed E-state index contributed by atoms with van der Waals surface area (Å²) in [7, 11) is 0. The van der Waals surface area contributed by atoms with Gasteiger partial charge in [-0.25, -0.2) is 0 Å². The Kier molecular flexibility index (Phi) is 10.3. The average molecular weight is 478 g/mol. The number of aliphatic hydroxyl groups excluding tert-OH is 2. The van der Waals surface area contributed by atoms with Crippen molar-refractivity contribution in [1.82, 2.24) is 0 Å². The Hall–Kier alpha value is -2.28. The van der Waals surface area contributed by atoms with Gasteiger partial charge in [0.15, 0.2) is 0 Å². The topological polar surface area (TPSA) is 84.9 Å². The fourth-order valence-corrected chi connectivity index (χ4v) is 3.38. The molecule has 0 fully saturated rings. The van der Waals surface area contributed by atoms with E-state index in [1.165, 1.54) is 0 Å². The summed E-state index contributed by atoms with van der Waals surface area (Å²) >= 11 is 6.41. The van der Waals surface area contributed by atoms with Crippen LogP contribution >= 0.6 is 24.0 Å². The predicted molar refractivity (Wildman–Crippen MR) is 130 cm³/mol. The molecule has 0 aliphatic rings. The third-order valence-corrected chi connectivity index (χ3v) is 5.43. The first-order chi connectivity index (χ1) is 15.0. The fourth-order valence-electron chi connectivity index (χ4n) is 3.11.